The second-order valence-corrected chi connectivity index (χ2v) is 6.87. The van der Waals surface area contributed by atoms with Gasteiger partial charge in [-0.3, -0.25) is 14.8 Å². The lowest BCUT2D eigenvalue weighted by molar-refractivity contribution is 0.102. The van der Waals surface area contributed by atoms with E-state index < -0.39 is 0 Å². The summed E-state index contributed by atoms with van der Waals surface area (Å²) in [6.07, 6.45) is 1.00. The maximum Gasteiger partial charge on any atom is 0.256 e. The first-order chi connectivity index (χ1) is 12.7. The number of anilines is 1. The molecule has 0 bridgehead atoms. The van der Waals surface area contributed by atoms with Gasteiger partial charge >= 0.3 is 0 Å². The molecule has 0 spiro atoms. The van der Waals surface area contributed by atoms with Crippen LogP contribution in [0.5, 0.6) is 0 Å². The zero-order valence-electron chi connectivity index (χ0n) is 14.2. The highest BCUT2D eigenvalue weighted by atomic mass is 35.5. The van der Waals surface area contributed by atoms with Crippen LogP contribution in [0.2, 0.25) is 5.02 Å². The number of rotatable bonds is 5. The Morgan fingerprint density at radius 1 is 1.12 bits per heavy atom. The van der Waals surface area contributed by atoms with Crippen molar-refractivity contribution >= 4 is 23.3 Å². The summed E-state index contributed by atoms with van der Waals surface area (Å²) in [5.74, 6) is 0.431. The van der Waals surface area contributed by atoms with Crippen molar-refractivity contribution in [2.45, 2.75) is 19.5 Å². The number of halogens is 1. The van der Waals surface area contributed by atoms with E-state index >= 15 is 0 Å². The summed E-state index contributed by atoms with van der Waals surface area (Å²) < 4.78 is 0. The molecule has 0 unspecified atom stereocenters. The molecule has 2 heterocycles. The van der Waals surface area contributed by atoms with Crippen molar-refractivity contribution in [3.05, 3.63) is 82.0 Å². The Hall–Kier alpha value is -2.63. The van der Waals surface area contributed by atoms with Crippen molar-refractivity contribution in [2.75, 3.05) is 11.9 Å². The number of carbonyl (C=O) groups is 1. The van der Waals surface area contributed by atoms with E-state index in [0.717, 1.165) is 37.3 Å². The summed E-state index contributed by atoms with van der Waals surface area (Å²) in [6, 6.07) is 17.3. The molecule has 26 heavy (non-hydrogen) atoms. The van der Waals surface area contributed by atoms with E-state index in [4.69, 9.17) is 11.6 Å². The van der Waals surface area contributed by atoms with Crippen molar-refractivity contribution in [1.82, 2.24) is 15.1 Å². The fourth-order valence-corrected chi connectivity index (χ4v) is 3.31. The summed E-state index contributed by atoms with van der Waals surface area (Å²) in [6.45, 7) is 2.58. The number of hydrogen-bond donors (Lipinski definition) is 2. The minimum absolute atomic E-state index is 0.182. The third-order valence-electron chi connectivity index (χ3n) is 4.61. The van der Waals surface area contributed by atoms with E-state index in [1.54, 1.807) is 24.3 Å². The SMILES string of the molecule is O=C(Nc1n[nH]c2c1CN(CCc1ccccc1)C2)c1ccc(Cl)cc1. The van der Waals surface area contributed by atoms with Gasteiger partial charge in [-0.05, 0) is 36.2 Å². The standard InChI is InChI=1S/C20H19ClN4O/c21-16-8-6-15(7-9-16)20(26)22-19-17-12-25(13-18(17)23-24-19)11-10-14-4-2-1-3-5-14/h1-9H,10-13H2,(H2,22,23,24,26). The first-order valence-electron chi connectivity index (χ1n) is 8.58. The third kappa shape index (κ3) is 3.64. The van der Waals surface area contributed by atoms with Gasteiger partial charge in [-0.2, -0.15) is 5.10 Å². The second-order valence-electron chi connectivity index (χ2n) is 6.44. The van der Waals surface area contributed by atoms with E-state index in [9.17, 15) is 4.79 Å². The highest BCUT2D eigenvalue weighted by molar-refractivity contribution is 6.30. The van der Waals surface area contributed by atoms with Crippen molar-refractivity contribution in [3.63, 3.8) is 0 Å². The number of aromatic amines is 1. The van der Waals surface area contributed by atoms with Crippen LogP contribution in [0.3, 0.4) is 0 Å². The van der Waals surface area contributed by atoms with Crippen molar-refractivity contribution < 1.29 is 4.79 Å². The Morgan fingerprint density at radius 2 is 1.88 bits per heavy atom. The zero-order chi connectivity index (χ0) is 17.9. The van der Waals surface area contributed by atoms with E-state index in [2.05, 4.69) is 44.7 Å². The predicted octanol–water partition coefficient (Wildman–Crippen LogP) is 3.87. The summed E-state index contributed by atoms with van der Waals surface area (Å²) >= 11 is 5.87. The monoisotopic (exact) mass is 366 g/mol. The van der Waals surface area contributed by atoms with E-state index in [1.807, 2.05) is 6.07 Å². The fourth-order valence-electron chi connectivity index (χ4n) is 3.18. The average molecular weight is 367 g/mol. The van der Waals surface area contributed by atoms with Crippen LogP contribution in [-0.4, -0.2) is 27.5 Å². The summed E-state index contributed by atoms with van der Waals surface area (Å²) in [7, 11) is 0. The number of amides is 1. The molecule has 1 amide bonds. The molecular weight excluding hydrogens is 348 g/mol. The second kappa shape index (κ2) is 7.32. The van der Waals surface area contributed by atoms with Gasteiger partial charge in [-0.1, -0.05) is 41.9 Å². The third-order valence-corrected chi connectivity index (χ3v) is 4.87. The molecule has 1 aromatic heterocycles. The van der Waals surface area contributed by atoms with Crippen LogP contribution in [0.25, 0.3) is 0 Å². The fraction of sp³-hybridized carbons (Fsp3) is 0.200. The van der Waals surface area contributed by atoms with Crippen molar-refractivity contribution in [1.29, 1.82) is 0 Å². The number of nitrogens with one attached hydrogen (secondary N) is 2. The number of H-pyrrole nitrogens is 1. The van der Waals surface area contributed by atoms with Gasteiger partial charge in [0, 0.05) is 35.8 Å². The number of fused-ring (bicyclic) bond motifs is 1. The molecule has 0 saturated carbocycles. The Labute approximate surface area is 157 Å². The molecule has 6 heteroatoms. The van der Waals surface area contributed by atoms with Crippen LogP contribution in [0.1, 0.15) is 27.2 Å². The maximum atomic E-state index is 12.4. The lowest BCUT2D eigenvalue weighted by atomic mass is 10.1. The Morgan fingerprint density at radius 3 is 2.65 bits per heavy atom. The highest BCUT2D eigenvalue weighted by Crippen LogP contribution is 2.27. The number of aromatic nitrogens is 2. The molecule has 0 aliphatic carbocycles. The maximum absolute atomic E-state index is 12.4. The molecule has 3 aromatic rings. The van der Waals surface area contributed by atoms with E-state index in [0.29, 0.717) is 16.4 Å². The van der Waals surface area contributed by atoms with Crippen molar-refractivity contribution in [2.24, 2.45) is 0 Å². The molecule has 0 saturated heterocycles. The molecule has 5 nitrogen and oxygen atoms in total. The topological polar surface area (TPSA) is 61.0 Å². The molecule has 0 atom stereocenters. The van der Waals surface area contributed by atoms with E-state index in [-0.39, 0.29) is 5.91 Å². The van der Waals surface area contributed by atoms with Gasteiger partial charge < -0.3 is 5.32 Å². The van der Waals surface area contributed by atoms with Gasteiger partial charge in [0.2, 0.25) is 0 Å². The zero-order valence-corrected chi connectivity index (χ0v) is 15.0. The number of hydrogen-bond acceptors (Lipinski definition) is 3. The molecule has 0 fully saturated rings. The Kier molecular flexibility index (Phi) is 4.73. The summed E-state index contributed by atoms with van der Waals surface area (Å²) in [5.41, 5.74) is 4.03. The lowest BCUT2D eigenvalue weighted by Gasteiger charge is -2.15. The van der Waals surface area contributed by atoms with Gasteiger partial charge in [0.15, 0.2) is 5.82 Å². The largest absolute Gasteiger partial charge is 0.305 e. The molecule has 0 radical (unpaired) electrons. The minimum atomic E-state index is -0.182. The summed E-state index contributed by atoms with van der Waals surface area (Å²) in [4.78, 5) is 14.7. The van der Waals surface area contributed by atoms with Gasteiger partial charge in [0.1, 0.15) is 0 Å². The molecular formula is C20H19ClN4O. The Bertz CT molecular complexity index is 905. The number of carbonyl (C=O) groups excluding carboxylic acids is 1. The number of nitrogens with zero attached hydrogens (tertiary/aromatic N) is 2. The van der Waals surface area contributed by atoms with Gasteiger partial charge in [-0.25, -0.2) is 0 Å². The van der Waals surface area contributed by atoms with Gasteiger partial charge in [0.05, 0.1) is 5.69 Å². The van der Waals surface area contributed by atoms with Gasteiger partial charge in [0.25, 0.3) is 5.91 Å². The molecule has 1 aliphatic rings. The normalized spacial score (nSPS) is 13.6. The molecule has 2 aromatic carbocycles. The Balaban J connectivity index is 1.39. The minimum Gasteiger partial charge on any atom is -0.305 e. The number of benzene rings is 2. The van der Waals surface area contributed by atoms with Crippen LogP contribution in [0.15, 0.2) is 54.6 Å². The summed E-state index contributed by atoms with van der Waals surface area (Å²) in [5, 5.41) is 10.8. The molecule has 2 N–H and O–H groups in total. The molecule has 1 aliphatic heterocycles. The van der Waals surface area contributed by atoms with Crippen LogP contribution >= 0.6 is 11.6 Å². The lowest BCUT2D eigenvalue weighted by Crippen LogP contribution is -2.20. The molecule has 4 rings (SSSR count). The average Bonchev–Trinajstić information content (AvgIpc) is 3.23. The van der Waals surface area contributed by atoms with Crippen LogP contribution < -0.4 is 5.32 Å². The highest BCUT2D eigenvalue weighted by Gasteiger charge is 2.25. The van der Waals surface area contributed by atoms with Crippen LogP contribution in [0, 0.1) is 0 Å². The van der Waals surface area contributed by atoms with E-state index in [1.165, 1.54) is 5.56 Å². The first kappa shape index (κ1) is 16.8. The smallest absolute Gasteiger partial charge is 0.256 e. The van der Waals surface area contributed by atoms with Gasteiger partial charge in [-0.15, -0.1) is 0 Å². The van der Waals surface area contributed by atoms with Crippen LogP contribution in [0.4, 0.5) is 5.82 Å². The predicted molar refractivity (Wildman–Crippen MR) is 102 cm³/mol. The van der Waals surface area contributed by atoms with Crippen molar-refractivity contribution in [3.8, 4) is 0 Å². The van der Waals surface area contributed by atoms with Crippen LogP contribution in [-0.2, 0) is 19.5 Å². The first-order valence-corrected chi connectivity index (χ1v) is 8.96. The quantitative estimate of drug-likeness (QED) is 0.720. The molecule has 132 valence electrons.